The van der Waals surface area contributed by atoms with E-state index in [0.717, 1.165) is 52.6 Å². The van der Waals surface area contributed by atoms with Gasteiger partial charge in [-0.1, -0.05) is 48.0 Å². The molecule has 0 spiro atoms. The number of rotatable bonds is 5. The van der Waals surface area contributed by atoms with E-state index in [0.29, 0.717) is 31.5 Å². The second-order valence-electron chi connectivity index (χ2n) is 9.90. The first-order valence-electron chi connectivity index (χ1n) is 12.8. The maximum atomic E-state index is 13.5. The van der Waals surface area contributed by atoms with Crippen molar-refractivity contribution in [3.05, 3.63) is 76.5 Å². The summed E-state index contributed by atoms with van der Waals surface area (Å²) >= 11 is 0. The first kappa shape index (κ1) is 24.7. The van der Waals surface area contributed by atoms with Crippen LogP contribution >= 0.6 is 0 Å². The second kappa shape index (κ2) is 10.5. The average molecular weight is 498 g/mol. The Hall–Kier alpha value is -4.00. The number of carbonyl (C=O) groups is 3. The molecular formula is C30H31N3O4. The van der Waals surface area contributed by atoms with Crippen molar-refractivity contribution >= 4 is 40.3 Å². The van der Waals surface area contributed by atoms with Gasteiger partial charge in [0.05, 0.1) is 16.8 Å². The van der Waals surface area contributed by atoms with Crippen LogP contribution in [-0.4, -0.2) is 47.4 Å². The normalized spacial score (nSPS) is 17.0. The molecule has 2 amide bonds. The molecule has 7 heteroatoms. The maximum Gasteiger partial charge on any atom is 0.339 e. The van der Waals surface area contributed by atoms with Gasteiger partial charge in [-0.25, -0.2) is 9.78 Å². The molecule has 37 heavy (non-hydrogen) atoms. The van der Waals surface area contributed by atoms with Gasteiger partial charge < -0.3 is 15.4 Å². The SMILES string of the molecule is Cc1ccc(/C=C2\CCCc3c2nc2ccccc2c3C(=O)OCC(=O)N2CCC(C(N)=O)CC2)cc1. The molecule has 1 aliphatic heterocycles. The van der Waals surface area contributed by atoms with Gasteiger partial charge in [0.15, 0.2) is 6.61 Å². The Morgan fingerprint density at radius 1 is 1.05 bits per heavy atom. The first-order valence-corrected chi connectivity index (χ1v) is 12.8. The molecule has 5 rings (SSSR count). The van der Waals surface area contributed by atoms with Crippen molar-refractivity contribution in [2.45, 2.75) is 39.0 Å². The van der Waals surface area contributed by atoms with E-state index in [1.165, 1.54) is 5.56 Å². The lowest BCUT2D eigenvalue weighted by atomic mass is 9.86. The number of allylic oxidation sites excluding steroid dienone is 1. The van der Waals surface area contributed by atoms with Gasteiger partial charge in [0.2, 0.25) is 5.91 Å². The average Bonchev–Trinajstić information content (AvgIpc) is 2.91. The van der Waals surface area contributed by atoms with Crippen LogP contribution < -0.4 is 5.73 Å². The minimum Gasteiger partial charge on any atom is -0.452 e. The smallest absolute Gasteiger partial charge is 0.339 e. The van der Waals surface area contributed by atoms with E-state index in [4.69, 9.17) is 15.5 Å². The molecule has 1 fully saturated rings. The highest BCUT2D eigenvalue weighted by molar-refractivity contribution is 6.07. The van der Waals surface area contributed by atoms with Crippen molar-refractivity contribution in [2.75, 3.05) is 19.7 Å². The van der Waals surface area contributed by atoms with E-state index in [-0.39, 0.29) is 24.3 Å². The number of benzene rings is 2. The van der Waals surface area contributed by atoms with Gasteiger partial charge in [-0.3, -0.25) is 9.59 Å². The Morgan fingerprint density at radius 3 is 2.51 bits per heavy atom. The third-order valence-corrected chi connectivity index (χ3v) is 7.37. The van der Waals surface area contributed by atoms with Crippen LogP contribution in [0.5, 0.6) is 0 Å². The van der Waals surface area contributed by atoms with Crippen LogP contribution in [0.25, 0.3) is 22.6 Å². The molecule has 190 valence electrons. The number of aromatic nitrogens is 1. The quantitative estimate of drug-likeness (QED) is 0.530. The molecular weight excluding hydrogens is 466 g/mol. The van der Waals surface area contributed by atoms with Crippen molar-refractivity contribution in [3.63, 3.8) is 0 Å². The lowest BCUT2D eigenvalue weighted by molar-refractivity contribution is -0.137. The van der Waals surface area contributed by atoms with Crippen LogP contribution in [0, 0.1) is 12.8 Å². The predicted molar refractivity (Wildman–Crippen MR) is 143 cm³/mol. The number of hydrogen-bond acceptors (Lipinski definition) is 5. The van der Waals surface area contributed by atoms with E-state index in [1.807, 2.05) is 24.3 Å². The summed E-state index contributed by atoms with van der Waals surface area (Å²) in [6, 6.07) is 15.9. The van der Waals surface area contributed by atoms with Crippen LogP contribution in [0.2, 0.25) is 0 Å². The largest absolute Gasteiger partial charge is 0.452 e. The summed E-state index contributed by atoms with van der Waals surface area (Å²) < 4.78 is 5.59. The Kier molecular flexibility index (Phi) is 7.04. The summed E-state index contributed by atoms with van der Waals surface area (Å²) in [5.41, 5.74) is 11.7. The lowest BCUT2D eigenvalue weighted by Crippen LogP contribution is -2.43. The highest BCUT2D eigenvalue weighted by Crippen LogP contribution is 2.36. The zero-order chi connectivity index (χ0) is 25.9. The Bertz CT molecular complexity index is 1390. The van der Waals surface area contributed by atoms with Crippen LogP contribution in [0.3, 0.4) is 0 Å². The summed E-state index contributed by atoms with van der Waals surface area (Å²) in [6.45, 7) is 2.60. The van der Waals surface area contributed by atoms with Gasteiger partial charge in [0, 0.05) is 24.4 Å². The monoisotopic (exact) mass is 497 g/mol. The number of pyridine rings is 1. The number of aryl methyl sites for hydroxylation is 1. The van der Waals surface area contributed by atoms with Crippen molar-refractivity contribution in [1.29, 1.82) is 0 Å². The molecule has 0 radical (unpaired) electrons. The van der Waals surface area contributed by atoms with Crippen molar-refractivity contribution in [2.24, 2.45) is 11.7 Å². The highest BCUT2D eigenvalue weighted by atomic mass is 16.5. The molecule has 1 aliphatic carbocycles. The number of ether oxygens (including phenoxy) is 1. The number of primary amides is 1. The number of nitrogens with two attached hydrogens (primary N) is 1. The molecule has 3 aromatic rings. The summed E-state index contributed by atoms with van der Waals surface area (Å²) in [6.07, 6.45) is 5.71. The summed E-state index contributed by atoms with van der Waals surface area (Å²) in [4.78, 5) is 44.2. The van der Waals surface area contributed by atoms with E-state index in [1.54, 1.807) is 4.90 Å². The molecule has 0 atom stereocenters. The number of esters is 1. The van der Waals surface area contributed by atoms with Gasteiger partial charge in [-0.05, 0) is 67.9 Å². The topological polar surface area (TPSA) is 103 Å². The van der Waals surface area contributed by atoms with Gasteiger partial charge in [0.25, 0.3) is 5.91 Å². The molecule has 7 nitrogen and oxygen atoms in total. The number of amides is 2. The van der Waals surface area contributed by atoms with Crippen LogP contribution in [-0.2, 0) is 20.7 Å². The third-order valence-electron chi connectivity index (χ3n) is 7.37. The predicted octanol–water partition coefficient (Wildman–Crippen LogP) is 4.30. The minimum atomic E-state index is -0.508. The van der Waals surface area contributed by atoms with Gasteiger partial charge in [-0.2, -0.15) is 0 Å². The second-order valence-corrected chi connectivity index (χ2v) is 9.90. The fourth-order valence-corrected chi connectivity index (χ4v) is 5.28. The number of likely N-dealkylation sites (tertiary alicyclic amines) is 1. The number of para-hydroxylation sites is 1. The fourth-order valence-electron chi connectivity index (χ4n) is 5.28. The minimum absolute atomic E-state index is 0.205. The zero-order valence-corrected chi connectivity index (χ0v) is 21.0. The van der Waals surface area contributed by atoms with E-state index >= 15 is 0 Å². The Labute approximate surface area is 216 Å². The number of piperidine rings is 1. The van der Waals surface area contributed by atoms with E-state index in [2.05, 4.69) is 37.3 Å². The number of nitrogens with zero attached hydrogens (tertiary/aromatic N) is 2. The van der Waals surface area contributed by atoms with Crippen LogP contribution in [0.4, 0.5) is 0 Å². The summed E-state index contributed by atoms with van der Waals surface area (Å²) in [5.74, 6) is -1.30. The highest BCUT2D eigenvalue weighted by Gasteiger charge is 2.29. The first-order chi connectivity index (χ1) is 17.9. The third kappa shape index (κ3) is 5.26. The van der Waals surface area contributed by atoms with Gasteiger partial charge in [-0.15, -0.1) is 0 Å². The Morgan fingerprint density at radius 2 is 1.78 bits per heavy atom. The summed E-state index contributed by atoms with van der Waals surface area (Å²) in [7, 11) is 0. The van der Waals surface area contributed by atoms with Crippen molar-refractivity contribution < 1.29 is 19.1 Å². The van der Waals surface area contributed by atoms with E-state index < -0.39 is 5.97 Å². The molecule has 0 unspecified atom stereocenters. The maximum absolute atomic E-state index is 13.5. The molecule has 2 heterocycles. The van der Waals surface area contributed by atoms with Gasteiger partial charge in [0.1, 0.15) is 0 Å². The molecule has 0 bridgehead atoms. The Balaban J connectivity index is 1.41. The van der Waals surface area contributed by atoms with Crippen molar-refractivity contribution in [3.8, 4) is 0 Å². The molecule has 1 aromatic heterocycles. The standard InChI is InChI=1S/C30H31N3O4/c1-19-9-11-20(12-10-19)17-22-5-4-7-24-27(23-6-2-3-8-25(23)32-28(22)24)30(36)37-18-26(34)33-15-13-21(14-16-33)29(31)35/h2-3,6,8-12,17,21H,4-5,7,13-16,18H2,1H3,(H2,31,35)/b22-17+. The number of carbonyl (C=O) groups excluding carboxylic acids is 3. The fraction of sp³-hybridized carbons (Fsp3) is 0.333. The zero-order valence-electron chi connectivity index (χ0n) is 21.0. The number of fused-ring (bicyclic) bond motifs is 2. The van der Waals surface area contributed by atoms with Crippen molar-refractivity contribution in [1.82, 2.24) is 9.88 Å². The lowest BCUT2D eigenvalue weighted by Gasteiger charge is -2.30. The molecule has 0 saturated carbocycles. The number of hydrogen-bond donors (Lipinski definition) is 1. The molecule has 2 aromatic carbocycles. The van der Waals surface area contributed by atoms with Gasteiger partial charge >= 0.3 is 5.97 Å². The summed E-state index contributed by atoms with van der Waals surface area (Å²) in [5, 5.41) is 0.734. The molecule has 2 aliphatic rings. The van der Waals surface area contributed by atoms with Crippen LogP contribution in [0.15, 0.2) is 48.5 Å². The molecule has 2 N–H and O–H groups in total. The molecule has 1 saturated heterocycles. The van der Waals surface area contributed by atoms with Crippen LogP contribution in [0.1, 0.15) is 58.4 Å². The van der Waals surface area contributed by atoms with E-state index in [9.17, 15) is 14.4 Å².